The van der Waals surface area contributed by atoms with Crippen molar-refractivity contribution in [3.05, 3.63) is 34.9 Å². The molecular formula is C28H36F6N2O5. The quantitative estimate of drug-likeness (QED) is 0.375. The highest BCUT2D eigenvalue weighted by Crippen LogP contribution is 2.51. The van der Waals surface area contributed by atoms with Crippen LogP contribution in [0.1, 0.15) is 68.6 Å². The lowest BCUT2D eigenvalue weighted by molar-refractivity contribution is -0.193. The summed E-state index contributed by atoms with van der Waals surface area (Å²) in [6.45, 7) is 3.98. The number of benzene rings is 1. The minimum atomic E-state index is -5.07. The van der Waals surface area contributed by atoms with Gasteiger partial charge in [0.1, 0.15) is 6.23 Å². The fourth-order valence-corrected chi connectivity index (χ4v) is 6.88. The number of aliphatic hydroxyl groups excluding tert-OH is 1. The Morgan fingerprint density at radius 3 is 2.32 bits per heavy atom. The number of amides is 1. The van der Waals surface area contributed by atoms with Gasteiger partial charge < -0.3 is 19.5 Å². The maximum atomic E-state index is 13.7. The van der Waals surface area contributed by atoms with Crippen molar-refractivity contribution in [1.29, 1.82) is 0 Å². The Morgan fingerprint density at radius 2 is 1.76 bits per heavy atom. The van der Waals surface area contributed by atoms with E-state index in [9.17, 15) is 41.0 Å². The van der Waals surface area contributed by atoms with Gasteiger partial charge in [-0.25, -0.2) is 0 Å². The molecule has 1 amide bonds. The largest absolute Gasteiger partial charge is 0.471 e. The second-order valence-corrected chi connectivity index (χ2v) is 11.6. The van der Waals surface area contributed by atoms with Crippen LogP contribution in [0.2, 0.25) is 0 Å². The first-order valence-electron chi connectivity index (χ1n) is 13.8. The van der Waals surface area contributed by atoms with Gasteiger partial charge in [0.2, 0.25) is 0 Å². The Balaban J connectivity index is 1.66. The molecular weight excluding hydrogens is 558 g/mol. The lowest BCUT2D eigenvalue weighted by atomic mass is 9.72. The van der Waals surface area contributed by atoms with E-state index in [0.717, 1.165) is 17.0 Å². The monoisotopic (exact) mass is 594 g/mol. The number of alkyl halides is 6. The molecule has 41 heavy (non-hydrogen) atoms. The van der Waals surface area contributed by atoms with E-state index in [1.165, 1.54) is 18.1 Å². The van der Waals surface area contributed by atoms with Gasteiger partial charge in [0.15, 0.2) is 0 Å². The number of carbonyl (C=O) groups excluding carboxylic acids is 2. The number of carbonyl (C=O) groups is 2. The molecule has 0 spiro atoms. The van der Waals surface area contributed by atoms with Crippen molar-refractivity contribution in [2.45, 2.75) is 89.1 Å². The summed E-state index contributed by atoms with van der Waals surface area (Å²) >= 11 is 0. The van der Waals surface area contributed by atoms with Gasteiger partial charge in [0, 0.05) is 43.8 Å². The molecule has 2 unspecified atom stereocenters. The van der Waals surface area contributed by atoms with E-state index in [1.807, 2.05) is 13.8 Å². The average Bonchev–Trinajstić information content (AvgIpc) is 3.37. The highest BCUT2D eigenvalue weighted by molar-refractivity contribution is 5.82. The lowest BCUT2D eigenvalue weighted by Crippen LogP contribution is -2.55. The Labute approximate surface area is 234 Å². The fourth-order valence-electron chi connectivity index (χ4n) is 6.88. The molecule has 7 nitrogen and oxygen atoms in total. The molecule has 1 aliphatic carbocycles. The van der Waals surface area contributed by atoms with Crippen molar-refractivity contribution in [2.24, 2.45) is 11.3 Å². The molecule has 4 atom stereocenters. The molecule has 0 bridgehead atoms. The Bertz CT molecular complexity index is 1120. The average molecular weight is 595 g/mol. The van der Waals surface area contributed by atoms with Crippen LogP contribution in [0.25, 0.3) is 0 Å². The second kappa shape index (κ2) is 11.7. The van der Waals surface area contributed by atoms with E-state index in [4.69, 9.17) is 9.47 Å². The summed E-state index contributed by atoms with van der Waals surface area (Å²) in [5, 5.41) is 11.8. The molecule has 2 heterocycles. The third-order valence-electron chi connectivity index (χ3n) is 9.15. The highest BCUT2D eigenvalue weighted by Gasteiger charge is 2.55. The maximum absolute atomic E-state index is 13.7. The predicted octanol–water partition coefficient (Wildman–Crippen LogP) is 4.86. The van der Waals surface area contributed by atoms with Gasteiger partial charge >= 0.3 is 24.2 Å². The number of ether oxygens (including phenoxy) is 2. The molecule has 1 saturated carbocycles. The topological polar surface area (TPSA) is 79.3 Å². The summed E-state index contributed by atoms with van der Waals surface area (Å²) in [5.41, 5.74) is -1.30. The Kier molecular flexibility index (Phi) is 9.02. The summed E-state index contributed by atoms with van der Waals surface area (Å²) < 4.78 is 91.8. The molecule has 2 fully saturated rings. The van der Waals surface area contributed by atoms with Gasteiger partial charge in [-0.2, -0.15) is 26.3 Å². The highest BCUT2D eigenvalue weighted by atomic mass is 19.4. The SMILES string of the molecule is COC(=O)C1CN(C(O)[C@@]2(C(C)C)CC[C@@H](N(C(=O)C(F)(F)F)C3CCOCC3)C2)Cc2cc(C(F)(F)F)ccc21. The van der Waals surface area contributed by atoms with Gasteiger partial charge in [-0.1, -0.05) is 19.9 Å². The molecule has 3 aliphatic rings. The van der Waals surface area contributed by atoms with Gasteiger partial charge in [-0.05, 0) is 61.3 Å². The van der Waals surface area contributed by atoms with Crippen LogP contribution >= 0.6 is 0 Å². The van der Waals surface area contributed by atoms with Crippen LogP contribution in [0.3, 0.4) is 0 Å². The lowest BCUT2D eigenvalue weighted by Gasteiger charge is -2.47. The van der Waals surface area contributed by atoms with Crippen LogP contribution < -0.4 is 0 Å². The van der Waals surface area contributed by atoms with E-state index in [1.54, 1.807) is 0 Å². The van der Waals surface area contributed by atoms with Gasteiger partial charge in [-0.3, -0.25) is 14.5 Å². The zero-order valence-electron chi connectivity index (χ0n) is 23.2. The zero-order chi connectivity index (χ0) is 30.3. The smallest absolute Gasteiger partial charge is 0.469 e. The van der Waals surface area contributed by atoms with Crippen molar-refractivity contribution < 1.29 is 50.5 Å². The maximum Gasteiger partial charge on any atom is 0.471 e. The summed E-state index contributed by atoms with van der Waals surface area (Å²) in [7, 11) is 1.17. The van der Waals surface area contributed by atoms with Crippen molar-refractivity contribution in [1.82, 2.24) is 9.80 Å². The van der Waals surface area contributed by atoms with E-state index < -0.39 is 59.4 Å². The molecule has 1 aromatic rings. The first-order valence-corrected chi connectivity index (χ1v) is 13.8. The zero-order valence-corrected chi connectivity index (χ0v) is 23.2. The molecule has 0 aromatic heterocycles. The molecule has 2 aliphatic heterocycles. The van der Waals surface area contributed by atoms with E-state index >= 15 is 0 Å². The summed E-state index contributed by atoms with van der Waals surface area (Å²) in [6, 6.07) is 1.66. The van der Waals surface area contributed by atoms with Gasteiger partial charge in [0.25, 0.3) is 0 Å². The second-order valence-electron chi connectivity index (χ2n) is 11.6. The number of nitrogens with zero attached hydrogens (tertiary/aromatic N) is 2. The Hall–Kier alpha value is -2.38. The van der Waals surface area contributed by atoms with Gasteiger partial charge in [-0.15, -0.1) is 0 Å². The standard InChI is InChI=1S/C28H36F6N2O5/c1-16(2)26(9-6-20(13-26)36(25(39)28(32,33)34)19-7-10-41-11-8-19)24(38)35-14-17-12-18(27(29,30)31)4-5-21(17)22(15-35)23(37)40-3/h4-5,12,16,19-20,22,24,38H,6-11,13-15H2,1-3H3/t20-,22?,24?,26+/m1/s1. The van der Waals surface area contributed by atoms with Crippen LogP contribution in [0, 0.1) is 11.3 Å². The number of esters is 1. The Morgan fingerprint density at radius 1 is 1.10 bits per heavy atom. The number of aliphatic hydroxyl groups is 1. The van der Waals surface area contributed by atoms with Crippen molar-refractivity contribution in [3.63, 3.8) is 0 Å². The fraction of sp³-hybridized carbons (Fsp3) is 0.714. The van der Waals surface area contributed by atoms with Gasteiger partial charge in [0.05, 0.1) is 18.6 Å². The number of methoxy groups -OCH3 is 1. The van der Waals surface area contributed by atoms with Crippen molar-refractivity contribution in [2.75, 3.05) is 26.9 Å². The first kappa shape index (κ1) is 31.6. The summed E-state index contributed by atoms with van der Waals surface area (Å²) in [5.74, 6) is -3.82. The molecule has 13 heteroatoms. The number of rotatable bonds is 6. The van der Waals surface area contributed by atoms with Crippen LogP contribution in [0.4, 0.5) is 26.3 Å². The normalized spacial score (nSPS) is 27.0. The van der Waals surface area contributed by atoms with Crippen LogP contribution in [0.5, 0.6) is 0 Å². The van der Waals surface area contributed by atoms with Crippen LogP contribution in [-0.4, -0.2) is 78.1 Å². The molecule has 1 saturated heterocycles. The molecule has 1 aromatic carbocycles. The minimum absolute atomic E-state index is 0.0451. The molecule has 230 valence electrons. The third kappa shape index (κ3) is 6.22. The predicted molar refractivity (Wildman–Crippen MR) is 134 cm³/mol. The van der Waals surface area contributed by atoms with E-state index in [0.29, 0.717) is 5.56 Å². The van der Waals surface area contributed by atoms with Crippen LogP contribution in [0.15, 0.2) is 18.2 Å². The van der Waals surface area contributed by atoms with E-state index in [-0.39, 0.29) is 69.9 Å². The minimum Gasteiger partial charge on any atom is -0.469 e. The first-order chi connectivity index (χ1) is 19.1. The molecule has 1 N–H and O–H groups in total. The summed E-state index contributed by atoms with van der Waals surface area (Å²) in [6.07, 6.45) is -9.89. The molecule has 4 rings (SSSR count). The van der Waals surface area contributed by atoms with Crippen molar-refractivity contribution >= 4 is 11.9 Å². The third-order valence-corrected chi connectivity index (χ3v) is 9.15. The molecule has 0 radical (unpaired) electrons. The van der Waals surface area contributed by atoms with E-state index in [2.05, 4.69) is 0 Å². The number of fused-ring (bicyclic) bond motifs is 1. The number of halogens is 6. The number of hydrogen-bond donors (Lipinski definition) is 1. The number of hydrogen-bond acceptors (Lipinski definition) is 6. The summed E-state index contributed by atoms with van der Waals surface area (Å²) in [4.78, 5) is 27.8. The van der Waals surface area contributed by atoms with Crippen LogP contribution in [-0.2, 0) is 31.8 Å². The van der Waals surface area contributed by atoms with Crippen molar-refractivity contribution in [3.8, 4) is 0 Å².